The lowest BCUT2D eigenvalue weighted by Gasteiger charge is -2.35. The summed E-state index contributed by atoms with van der Waals surface area (Å²) in [6.07, 6.45) is -2.01. The number of alkyl halides is 3. The molecule has 0 aliphatic carbocycles. The van der Waals surface area contributed by atoms with E-state index in [2.05, 4.69) is 20.1 Å². The predicted octanol–water partition coefficient (Wildman–Crippen LogP) is 4.18. The van der Waals surface area contributed by atoms with Crippen LogP contribution >= 0.6 is 0 Å². The van der Waals surface area contributed by atoms with E-state index < -0.39 is 22.4 Å². The molecule has 2 saturated heterocycles. The van der Waals surface area contributed by atoms with Gasteiger partial charge in [-0.1, -0.05) is 13.5 Å². The molecular formula is C25H33F3N6O3. The molecule has 1 amide bonds. The van der Waals surface area contributed by atoms with Crippen LogP contribution in [0, 0.1) is 17.0 Å². The van der Waals surface area contributed by atoms with Crippen molar-refractivity contribution in [1.82, 2.24) is 14.8 Å². The first kappa shape index (κ1) is 28.2. The normalized spacial score (nSPS) is 18.4. The number of amides is 1. The molecule has 2 aromatic rings. The number of nitro benzene ring substituents is 1. The topological polar surface area (TPSA) is 94.8 Å². The molecular weight excluding hydrogens is 489 g/mol. The van der Waals surface area contributed by atoms with Crippen molar-refractivity contribution in [2.75, 3.05) is 56.0 Å². The molecule has 37 heavy (non-hydrogen) atoms. The van der Waals surface area contributed by atoms with Gasteiger partial charge in [0.1, 0.15) is 11.4 Å². The van der Waals surface area contributed by atoms with Gasteiger partial charge in [0.2, 0.25) is 5.91 Å². The molecule has 4 rings (SSSR count). The number of aromatic nitrogens is 1. The number of aryl methyl sites for hydroxylation is 1. The van der Waals surface area contributed by atoms with Gasteiger partial charge in [0, 0.05) is 76.2 Å². The maximum atomic E-state index is 13.2. The number of hydrogen-bond acceptors (Lipinski definition) is 7. The highest BCUT2D eigenvalue weighted by Crippen LogP contribution is 2.37. The Labute approximate surface area is 214 Å². The van der Waals surface area contributed by atoms with Crippen LogP contribution in [0.4, 0.5) is 30.4 Å². The smallest absolute Gasteiger partial charge is 0.380 e. The Morgan fingerprint density at radius 3 is 2.51 bits per heavy atom. The second-order valence-electron chi connectivity index (χ2n) is 9.23. The third kappa shape index (κ3) is 7.09. The largest absolute Gasteiger partial charge is 0.423 e. The average molecular weight is 523 g/mol. The van der Waals surface area contributed by atoms with Crippen LogP contribution < -0.4 is 10.2 Å². The summed E-state index contributed by atoms with van der Waals surface area (Å²) in [6.45, 7) is 6.92. The molecule has 202 valence electrons. The quantitative estimate of drug-likeness (QED) is 0.431. The van der Waals surface area contributed by atoms with Gasteiger partial charge in [-0.3, -0.25) is 19.8 Å². The first-order valence-corrected chi connectivity index (χ1v) is 11.9. The highest BCUT2D eigenvalue weighted by Gasteiger charge is 2.38. The second-order valence-corrected chi connectivity index (χ2v) is 9.23. The van der Waals surface area contributed by atoms with Gasteiger partial charge in [0.25, 0.3) is 5.69 Å². The summed E-state index contributed by atoms with van der Waals surface area (Å²) in [7, 11) is 0. The molecule has 0 unspecified atom stereocenters. The lowest BCUT2D eigenvalue weighted by Crippen LogP contribution is -2.47. The van der Waals surface area contributed by atoms with Gasteiger partial charge in [-0.05, 0) is 37.1 Å². The number of hydrogen-bond donors (Lipinski definition) is 1. The molecule has 0 bridgehead atoms. The summed E-state index contributed by atoms with van der Waals surface area (Å²) in [5, 5.41) is 13.9. The van der Waals surface area contributed by atoms with E-state index in [4.69, 9.17) is 0 Å². The van der Waals surface area contributed by atoms with Crippen molar-refractivity contribution in [3.63, 3.8) is 0 Å². The molecule has 1 aromatic carbocycles. The predicted molar refractivity (Wildman–Crippen MR) is 136 cm³/mol. The molecule has 2 aliphatic rings. The van der Waals surface area contributed by atoms with Gasteiger partial charge in [-0.15, -0.1) is 0 Å². The van der Waals surface area contributed by atoms with E-state index >= 15 is 0 Å². The number of benzene rings is 1. The molecule has 2 aliphatic heterocycles. The highest BCUT2D eigenvalue weighted by atomic mass is 19.4. The number of nitrogens with zero attached hydrogens (tertiary/aromatic N) is 5. The zero-order valence-corrected chi connectivity index (χ0v) is 20.0. The number of nitrogens with one attached hydrogen (secondary N) is 1. The number of carbonyl (C=O) groups is 1. The number of nitro groups is 1. The number of pyridine rings is 1. The van der Waals surface area contributed by atoms with Crippen LogP contribution in [0.15, 0.2) is 36.5 Å². The first-order chi connectivity index (χ1) is 17.1. The second kappa shape index (κ2) is 11.8. The van der Waals surface area contributed by atoms with Crippen LogP contribution in [-0.4, -0.2) is 77.5 Å². The molecule has 2 fully saturated rings. The van der Waals surface area contributed by atoms with Crippen molar-refractivity contribution in [1.29, 1.82) is 0 Å². The lowest BCUT2D eigenvalue weighted by molar-refractivity contribution is -0.388. The Kier molecular flexibility index (Phi) is 8.95. The van der Waals surface area contributed by atoms with Crippen molar-refractivity contribution in [3.05, 3.63) is 57.8 Å². The summed E-state index contributed by atoms with van der Waals surface area (Å²) >= 11 is 0. The summed E-state index contributed by atoms with van der Waals surface area (Å²) in [4.78, 5) is 33.3. The Morgan fingerprint density at radius 1 is 1.16 bits per heavy atom. The molecule has 3 heterocycles. The molecule has 0 spiro atoms. The minimum atomic E-state index is -4.83. The number of rotatable bonds is 7. The fraction of sp³-hybridized carbons (Fsp3) is 0.520. The molecule has 1 atom stereocenters. The molecule has 0 saturated carbocycles. The zero-order chi connectivity index (χ0) is 25.9. The minimum Gasteiger partial charge on any atom is -0.380 e. The van der Waals surface area contributed by atoms with E-state index in [-0.39, 0.29) is 25.1 Å². The Bertz CT molecular complexity index is 1090. The number of carbonyl (C=O) groups excluding carboxylic acids is 1. The monoisotopic (exact) mass is 522 g/mol. The minimum absolute atomic E-state index is 0. The van der Waals surface area contributed by atoms with E-state index in [1.165, 1.54) is 6.07 Å². The molecule has 1 N–H and O–H groups in total. The Balaban J connectivity index is 0.00000380. The molecule has 12 heteroatoms. The van der Waals surface area contributed by atoms with E-state index in [0.717, 1.165) is 49.7 Å². The zero-order valence-electron chi connectivity index (χ0n) is 20.0. The van der Waals surface area contributed by atoms with Crippen molar-refractivity contribution >= 4 is 23.1 Å². The van der Waals surface area contributed by atoms with Gasteiger partial charge in [0.05, 0.1) is 4.92 Å². The van der Waals surface area contributed by atoms with Crippen molar-refractivity contribution in [3.8, 4) is 0 Å². The number of likely N-dealkylation sites (tertiary alicyclic amines) is 1. The van der Waals surface area contributed by atoms with Crippen LogP contribution in [0.2, 0.25) is 0 Å². The maximum absolute atomic E-state index is 13.2. The van der Waals surface area contributed by atoms with Gasteiger partial charge in [0.15, 0.2) is 0 Å². The summed E-state index contributed by atoms with van der Waals surface area (Å²) in [5.74, 6) is 0.976. The fourth-order valence-electron chi connectivity index (χ4n) is 4.61. The van der Waals surface area contributed by atoms with Crippen LogP contribution in [0.1, 0.15) is 31.4 Å². The maximum Gasteiger partial charge on any atom is 0.423 e. The van der Waals surface area contributed by atoms with E-state index in [0.29, 0.717) is 32.5 Å². The van der Waals surface area contributed by atoms with E-state index in [1.54, 1.807) is 4.90 Å². The molecule has 1 aromatic heterocycles. The molecule has 0 radical (unpaired) electrons. The fourth-order valence-corrected chi connectivity index (χ4v) is 4.61. The van der Waals surface area contributed by atoms with E-state index in [9.17, 15) is 28.1 Å². The SMILES string of the molecule is C.Cc1ccc(N2CCN(CCC(=O)N3CC[C@@H](Nc4ccc([N+](=O)[O-])c(C(F)(F)F)c4)C3)CC2)nc1. The Hall–Kier alpha value is -3.41. The van der Waals surface area contributed by atoms with Gasteiger partial charge in [-0.2, -0.15) is 13.2 Å². The van der Waals surface area contributed by atoms with Gasteiger partial charge < -0.3 is 15.1 Å². The number of piperazine rings is 1. The number of anilines is 2. The average Bonchev–Trinajstić information content (AvgIpc) is 3.31. The first-order valence-electron chi connectivity index (χ1n) is 11.9. The van der Waals surface area contributed by atoms with Crippen LogP contribution in [0.5, 0.6) is 0 Å². The van der Waals surface area contributed by atoms with Gasteiger partial charge in [-0.25, -0.2) is 4.98 Å². The summed E-state index contributed by atoms with van der Waals surface area (Å²) in [6, 6.07) is 6.73. The standard InChI is InChI=1S/C24H29F3N6O3.CH4/c1-17-2-5-22(28-15-17)31-12-10-30(11-13-31)8-7-23(34)32-9-6-19(16-32)29-18-3-4-21(33(35)36)20(14-18)24(25,26)27;/h2-5,14-15,19,29H,6-13,16H2,1H3;1H4/t19-;/m1./s1. The Morgan fingerprint density at radius 2 is 1.89 bits per heavy atom. The van der Waals surface area contributed by atoms with Gasteiger partial charge >= 0.3 is 6.18 Å². The van der Waals surface area contributed by atoms with Crippen LogP contribution in [-0.2, 0) is 11.0 Å². The summed E-state index contributed by atoms with van der Waals surface area (Å²) < 4.78 is 39.7. The molecule has 9 nitrogen and oxygen atoms in total. The summed E-state index contributed by atoms with van der Waals surface area (Å²) in [5.41, 5.74) is -1.00. The van der Waals surface area contributed by atoms with Crippen molar-refractivity contribution < 1.29 is 22.9 Å². The van der Waals surface area contributed by atoms with Crippen LogP contribution in [0.25, 0.3) is 0 Å². The van der Waals surface area contributed by atoms with Crippen molar-refractivity contribution in [2.45, 2.75) is 39.4 Å². The van der Waals surface area contributed by atoms with Crippen molar-refractivity contribution in [2.24, 2.45) is 0 Å². The lowest BCUT2D eigenvalue weighted by atomic mass is 10.1. The van der Waals surface area contributed by atoms with E-state index in [1.807, 2.05) is 25.3 Å². The number of halogens is 3. The third-order valence-electron chi connectivity index (χ3n) is 6.64. The van der Waals surface area contributed by atoms with Crippen LogP contribution in [0.3, 0.4) is 0 Å². The third-order valence-corrected chi connectivity index (χ3v) is 6.64. The highest BCUT2D eigenvalue weighted by molar-refractivity contribution is 5.77.